The number of benzene rings is 2. The first kappa shape index (κ1) is 21.0. The van der Waals surface area contributed by atoms with Gasteiger partial charge in [-0.2, -0.15) is 0 Å². The van der Waals surface area contributed by atoms with Crippen LogP contribution < -0.4 is 14.4 Å². The zero-order valence-corrected chi connectivity index (χ0v) is 17.5. The Bertz CT molecular complexity index is 801. The lowest BCUT2D eigenvalue weighted by atomic mass is 10.1. The Balaban J connectivity index is 1.54. The smallest absolute Gasteiger partial charge is 0.222 e. The Morgan fingerprint density at radius 2 is 1.79 bits per heavy atom. The molecule has 0 unspecified atom stereocenters. The molecular weight excluding hydrogens is 368 g/mol. The van der Waals surface area contributed by atoms with Crippen LogP contribution in [-0.2, 0) is 22.5 Å². The van der Waals surface area contributed by atoms with E-state index in [2.05, 4.69) is 29.2 Å². The van der Waals surface area contributed by atoms with E-state index in [1.165, 1.54) is 5.69 Å². The fraction of sp³-hybridized carbons (Fsp3) is 0.435. The molecule has 0 N–H and O–H groups in total. The van der Waals surface area contributed by atoms with Crippen LogP contribution in [0.3, 0.4) is 0 Å². The largest absolute Gasteiger partial charge is 0.497 e. The predicted octanol–water partition coefficient (Wildman–Crippen LogP) is 3.13. The van der Waals surface area contributed by atoms with E-state index in [4.69, 9.17) is 14.2 Å². The summed E-state index contributed by atoms with van der Waals surface area (Å²) in [6.07, 6.45) is 1.03. The number of anilines is 1. The van der Waals surface area contributed by atoms with Crippen LogP contribution >= 0.6 is 0 Å². The van der Waals surface area contributed by atoms with Crippen LogP contribution in [0.25, 0.3) is 0 Å². The number of rotatable bonds is 8. The van der Waals surface area contributed by atoms with Crippen LogP contribution in [0.1, 0.15) is 17.5 Å². The molecule has 0 spiro atoms. The molecule has 0 aromatic heterocycles. The van der Waals surface area contributed by atoms with Crippen molar-refractivity contribution >= 4 is 11.6 Å². The Kier molecular flexibility index (Phi) is 7.36. The predicted molar refractivity (Wildman–Crippen MR) is 114 cm³/mol. The summed E-state index contributed by atoms with van der Waals surface area (Å²) in [7, 11) is 5.12. The molecule has 0 atom stereocenters. The first-order chi connectivity index (χ1) is 14.1. The summed E-state index contributed by atoms with van der Waals surface area (Å²) in [6.45, 7) is 3.99. The van der Waals surface area contributed by atoms with Crippen LogP contribution in [0.15, 0.2) is 42.5 Å². The van der Waals surface area contributed by atoms with Gasteiger partial charge in [-0.05, 0) is 47.9 Å². The summed E-state index contributed by atoms with van der Waals surface area (Å²) >= 11 is 0. The molecule has 6 heteroatoms. The van der Waals surface area contributed by atoms with E-state index in [1.807, 2.05) is 25.2 Å². The van der Waals surface area contributed by atoms with Gasteiger partial charge in [-0.1, -0.05) is 12.1 Å². The van der Waals surface area contributed by atoms with Crippen molar-refractivity contribution in [3.8, 4) is 11.5 Å². The topological polar surface area (TPSA) is 51.2 Å². The number of carbonyl (C=O) groups excluding carboxylic acids is 1. The van der Waals surface area contributed by atoms with Gasteiger partial charge in [0.2, 0.25) is 5.91 Å². The van der Waals surface area contributed by atoms with E-state index >= 15 is 0 Å². The van der Waals surface area contributed by atoms with Gasteiger partial charge in [-0.15, -0.1) is 0 Å². The Hall–Kier alpha value is -2.73. The molecule has 0 aliphatic carbocycles. The number of methoxy groups -OCH3 is 2. The van der Waals surface area contributed by atoms with Gasteiger partial charge in [0.05, 0.1) is 27.4 Å². The molecule has 0 radical (unpaired) electrons. The maximum atomic E-state index is 12.6. The minimum Gasteiger partial charge on any atom is -0.497 e. The van der Waals surface area contributed by atoms with Gasteiger partial charge in [-0.3, -0.25) is 4.79 Å². The lowest BCUT2D eigenvalue weighted by Gasteiger charge is -2.29. The number of ether oxygens (including phenoxy) is 3. The van der Waals surface area contributed by atoms with Crippen molar-refractivity contribution in [3.05, 3.63) is 53.6 Å². The van der Waals surface area contributed by atoms with Gasteiger partial charge in [0, 0.05) is 38.8 Å². The maximum absolute atomic E-state index is 12.6. The lowest BCUT2D eigenvalue weighted by Crippen LogP contribution is -2.36. The second-order valence-corrected chi connectivity index (χ2v) is 7.19. The fourth-order valence-corrected chi connectivity index (χ4v) is 3.51. The Morgan fingerprint density at radius 1 is 1.07 bits per heavy atom. The lowest BCUT2D eigenvalue weighted by molar-refractivity contribution is -0.130. The average Bonchev–Trinajstić information content (AvgIpc) is 2.78. The molecule has 1 heterocycles. The van der Waals surface area contributed by atoms with Gasteiger partial charge in [0.1, 0.15) is 11.5 Å². The number of morpholine rings is 1. The number of amides is 1. The second kappa shape index (κ2) is 10.2. The molecule has 1 fully saturated rings. The number of hydrogen-bond acceptors (Lipinski definition) is 5. The van der Waals surface area contributed by atoms with Crippen molar-refractivity contribution in [1.82, 2.24) is 4.90 Å². The molecule has 0 saturated carbocycles. The van der Waals surface area contributed by atoms with Crippen LogP contribution in [0, 0.1) is 0 Å². The minimum absolute atomic E-state index is 0.104. The van der Waals surface area contributed by atoms with Crippen molar-refractivity contribution in [3.63, 3.8) is 0 Å². The molecule has 3 rings (SSSR count). The van der Waals surface area contributed by atoms with Crippen molar-refractivity contribution in [2.45, 2.75) is 19.4 Å². The molecule has 2 aromatic rings. The normalized spacial score (nSPS) is 13.8. The molecule has 1 aliphatic heterocycles. The number of hydrogen-bond donors (Lipinski definition) is 0. The summed E-state index contributed by atoms with van der Waals surface area (Å²) in [4.78, 5) is 16.7. The van der Waals surface area contributed by atoms with Crippen molar-refractivity contribution in [2.24, 2.45) is 0 Å². The van der Waals surface area contributed by atoms with Crippen LogP contribution in [-0.4, -0.2) is 58.4 Å². The SMILES string of the molecule is COc1ccc(OC)c(CCC(=O)N(C)Cc2ccc(N3CCOCC3)cc2)c1. The average molecular weight is 399 g/mol. The van der Waals surface area contributed by atoms with Crippen LogP contribution in [0.4, 0.5) is 5.69 Å². The highest BCUT2D eigenvalue weighted by Gasteiger charge is 2.14. The van der Waals surface area contributed by atoms with Crippen LogP contribution in [0.5, 0.6) is 11.5 Å². The van der Waals surface area contributed by atoms with Gasteiger partial charge < -0.3 is 24.0 Å². The monoisotopic (exact) mass is 398 g/mol. The first-order valence-corrected chi connectivity index (χ1v) is 9.97. The first-order valence-electron chi connectivity index (χ1n) is 9.97. The zero-order chi connectivity index (χ0) is 20.6. The molecule has 1 aliphatic rings. The number of nitrogens with zero attached hydrogens (tertiary/aromatic N) is 2. The fourth-order valence-electron chi connectivity index (χ4n) is 3.51. The molecule has 156 valence electrons. The van der Waals surface area contributed by atoms with Gasteiger partial charge in [0.25, 0.3) is 0 Å². The zero-order valence-electron chi connectivity index (χ0n) is 17.5. The van der Waals surface area contributed by atoms with E-state index in [1.54, 1.807) is 19.1 Å². The summed E-state index contributed by atoms with van der Waals surface area (Å²) in [6, 6.07) is 14.1. The highest BCUT2D eigenvalue weighted by Crippen LogP contribution is 2.25. The molecule has 0 bridgehead atoms. The van der Waals surface area contributed by atoms with Gasteiger partial charge >= 0.3 is 0 Å². The Morgan fingerprint density at radius 3 is 2.45 bits per heavy atom. The summed E-state index contributed by atoms with van der Waals surface area (Å²) in [5.74, 6) is 1.65. The van der Waals surface area contributed by atoms with Gasteiger partial charge in [-0.25, -0.2) is 0 Å². The number of aryl methyl sites for hydroxylation is 1. The van der Waals surface area contributed by atoms with Crippen LogP contribution in [0.2, 0.25) is 0 Å². The maximum Gasteiger partial charge on any atom is 0.222 e. The van der Waals surface area contributed by atoms with E-state index in [0.29, 0.717) is 19.4 Å². The summed E-state index contributed by atoms with van der Waals surface area (Å²) in [5.41, 5.74) is 3.30. The van der Waals surface area contributed by atoms with E-state index in [9.17, 15) is 4.79 Å². The molecule has 1 saturated heterocycles. The van der Waals surface area contributed by atoms with E-state index in [0.717, 1.165) is 48.9 Å². The third-order valence-corrected chi connectivity index (χ3v) is 5.25. The standard InChI is InChI=1S/C23H30N2O4/c1-24(17-18-4-7-20(8-5-18)25-12-14-29-15-13-25)23(26)11-6-19-16-21(27-2)9-10-22(19)28-3/h4-5,7-10,16H,6,11-15,17H2,1-3H3. The summed E-state index contributed by atoms with van der Waals surface area (Å²) in [5, 5.41) is 0. The summed E-state index contributed by atoms with van der Waals surface area (Å²) < 4.78 is 16.1. The molecule has 6 nitrogen and oxygen atoms in total. The quantitative estimate of drug-likeness (QED) is 0.684. The van der Waals surface area contributed by atoms with Crippen molar-refractivity contribution in [2.75, 3.05) is 52.5 Å². The highest BCUT2D eigenvalue weighted by molar-refractivity contribution is 5.76. The Labute approximate surface area is 173 Å². The van der Waals surface area contributed by atoms with E-state index in [-0.39, 0.29) is 5.91 Å². The molecular formula is C23H30N2O4. The second-order valence-electron chi connectivity index (χ2n) is 7.19. The van der Waals surface area contributed by atoms with E-state index < -0.39 is 0 Å². The third-order valence-electron chi connectivity index (χ3n) is 5.25. The highest BCUT2D eigenvalue weighted by atomic mass is 16.5. The third kappa shape index (κ3) is 5.64. The van der Waals surface area contributed by atoms with Crippen molar-refractivity contribution in [1.29, 1.82) is 0 Å². The minimum atomic E-state index is 0.104. The van der Waals surface area contributed by atoms with Gasteiger partial charge in [0.15, 0.2) is 0 Å². The molecule has 2 aromatic carbocycles. The molecule has 29 heavy (non-hydrogen) atoms. The number of carbonyl (C=O) groups is 1. The van der Waals surface area contributed by atoms with Crippen molar-refractivity contribution < 1.29 is 19.0 Å². The molecule has 1 amide bonds.